The second-order valence-electron chi connectivity index (χ2n) is 6.00. The number of hydrogen-bond acceptors (Lipinski definition) is 3. The molecule has 1 aromatic heterocycles. The van der Waals surface area contributed by atoms with Crippen molar-refractivity contribution in [3.8, 4) is 0 Å². The fraction of sp³-hybridized carbons (Fsp3) is 0.353. The van der Waals surface area contributed by atoms with Gasteiger partial charge in [-0.15, -0.1) is 0 Å². The molecule has 2 aromatic rings. The van der Waals surface area contributed by atoms with Crippen molar-refractivity contribution in [1.29, 1.82) is 0 Å². The van der Waals surface area contributed by atoms with Crippen LogP contribution in [0.3, 0.4) is 0 Å². The van der Waals surface area contributed by atoms with Gasteiger partial charge < -0.3 is 9.88 Å². The van der Waals surface area contributed by atoms with Crippen molar-refractivity contribution in [3.05, 3.63) is 47.3 Å². The zero-order chi connectivity index (χ0) is 17.4. The van der Waals surface area contributed by atoms with E-state index < -0.39 is 9.84 Å². The SMILES string of the molecule is Cc1cc(C(=O)Nc2cccc(S(C)(=O)=O)c2)c(C)n1C(C)C. The predicted molar refractivity (Wildman–Crippen MR) is 91.8 cm³/mol. The van der Waals surface area contributed by atoms with Gasteiger partial charge in [0.1, 0.15) is 0 Å². The highest BCUT2D eigenvalue weighted by atomic mass is 32.2. The molecule has 0 unspecified atom stereocenters. The van der Waals surface area contributed by atoms with Crippen molar-refractivity contribution in [3.63, 3.8) is 0 Å². The molecular formula is C17H22N2O3S. The smallest absolute Gasteiger partial charge is 0.257 e. The van der Waals surface area contributed by atoms with E-state index in [1.807, 2.05) is 19.9 Å². The molecule has 0 saturated carbocycles. The number of aryl methyl sites for hydroxylation is 1. The Hall–Kier alpha value is -2.08. The van der Waals surface area contributed by atoms with E-state index in [4.69, 9.17) is 0 Å². The van der Waals surface area contributed by atoms with Crippen molar-refractivity contribution in [2.24, 2.45) is 0 Å². The Morgan fingerprint density at radius 2 is 1.83 bits per heavy atom. The average molecular weight is 334 g/mol. The minimum absolute atomic E-state index is 0.183. The van der Waals surface area contributed by atoms with Crippen LogP contribution < -0.4 is 5.32 Å². The van der Waals surface area contributed by atoms with E-state index in [0.717, 1.165) is 17.6 Å². The van der Waals surface area contributed by atoms with E-state index in [0.29, 0.717) is 11.3 Å². The third kappa shape index (κ3) is 3.64. The standard InChI is InChI=1S/C17H22N2O3S/c1-11(2)19-12(3)9-16(13(19)4)17(20)18-14-7-6-8-15(10-14)23(5,21)22/h6-11H,1-5H3,(H,18,20). The third-order valence-electron chi connectivity index (χ3n) is 3.77. The summed E-state index contributed by atoms with van der Waals surface area (Å²) in [6.07, 6.45) is 1.14. The average Bonchev–Trinajstić information content (AvgIpc) is 2.73. The van der Waals surface area contributed by atoms with Gasteiger partial charge in [0, 0.05) is 29.4 Å². The molecule has 0 atom stereocenters. The van der Waals surface area contributed by atoms with Gasteiger partial charge in [-0.05, 0) is 52.0 Å². The predicted octanol–water partition coefficient (Wildman–Crippen LogP) is 3.34. The van der Waals surface area contributed by atoms with Crippen LogP contribution in [0.2, 0.25) is 0 Å². The van der Waals surface area contributed by atoms with E-state index in [9.17, 15) is 13.2 Å². The molecule has 1 aromatic carbocycles. The molecule has 0 aliphatic rings. The Balaban J connectivity index is 2.32. The Labute approximate surface area is 137 Å². The van der Waals surface area contributed by atoms with Crippen molar-refractivity contribution < 1.29 is 13.2 Å². The molecule has 23 heavy (non-hydrogen) atoms. The topological polar surface area (TPSA) is 68.2 Å². The fourth-order valence-corrected chi connectivity index (χ4v) is 3.47. The van der Waals surface area contributed by atoms with E-state index in [1.165, 1.54) is 12.1 Å². The molecule has 0 radical (unpaired) electrons. The lowest BCUT2D eigenvalue weighted by atomic mass is 10.2. The van der Waals surface area contributed by atoms with Crippen LogP contribution >= 0.6 is 0 Å². The summed E-state index contributed by atoms with van der Waals surface area (Å²) in [6, 6.07) is 8.39. The maximum atomic E-state index is 12.5. The first-order valence-corrected chi connectivity index (χ1v) is 9.30. The summed E-state index contributed by atoms with van der Waals surface area (Å²) < 4.78 is 25.3. The highest BCUT2D eigenvalue weighted by Gasteiger charge is 2.17. The molecule has 0 aliphatic heterocycles. The number of aromatic nitrogens is 1. The Morgan fingerprint density at radius 3 is 2.35 bits per heavy atom. The van der Waals surface area contributed by atoms with Crippen LogP contribution in [-0.2, 0) is 9.84 Å². The minimum Gasteiger partial charge on any atom is -0.346 e. The maximum absolute atomic E-state index is 12.5. The Morgan fingerprint density at radius 1 is 1.17 bits per heavy atom. The largest absolute Gasteiger partial charge is 0.346 e. The lowest BCUT2D eigenvalue weighted by Crippen LogP contribution is -2.14. The fourth-order valence-electron chi connectivity index (χ4n) is 2.80. The molecule has 1 N–H and O–H groups in total. The molecule has 0 spiro atoms. The van der Waals surface area contributed by atoms with Crippen LogP contribution in [0.15, 0.2) is 35.2 Å². The number of hydrogen-bond donors (Lipinski definition) is 1. The summed E-state index contributed by atoms with van der Waals surface area (Å²) in [7, 11) is -3.30. The number of sulfone groups is 1. The number of nitrogens with one attached hydrogen (secondary N) is 1. The van der Waals surface area contributed by atoms with Crippen molar-refractivity contribution in [2.45, 2.75) is 38.6 Å². The third-order valence-corrected chi connectivity index (χ3v) is 4.88. The first kappa shape index (κ1) is 17.3. The maximum Gasteiger partial charge on any atom is 0.257 e. The number of benzene rings is 1. The Bertz CT molecular complexity index is 849. The Kier molecular flexibility index (Phi) is 4.66. The first-order valence-electron chi connectivity index (χ1n) is 7.41. The van der Waals surface area contributed by atoms with Crippen molar-refractivity contribution in [2.75, 3.05) is 11.6 Å². The monoisotopic (exact) mass is 334 g/mol. The summed E-state index contributed by atoms with van der Waals surface area (Å²) in [6.45, 7) is 8.01. The molecule has 0 bridgehead atoms. The molecule has 6 heteroatoms. The summed E-state index contributed by atoms with van der Waals surface area (Å²) >= 11 is 0. The minimum atomic E-state index is -3.30. The molecule has 0 fully saturated rings. The molecule has 0 saturated heterocycles. The van der Waals surface area contributed by atoms with E-state index >= 15 is 0 Å². The number of anilines is 1. The lowest BCUT2D eigenvalue weighted by Gasteiger charge is -2.13. The number of carbonyl (C=O) groups is 1. The van der Waals surface area contributed by atoms with Gasteiger partial charge in [-0.3, -0.25) is 4.79 Å². The van der Waals surface area contributed by atoms with Gasteiger partial charge in [0.05, 0.1) is 10.5 Å². The summed E-state index contributed by atoms with van der Waals surface area (Å²) in [5.74, 6) is -0.240. The molecule has 5 nitrogen and oxygen atoms in total. The van der Waals surface area contributed by atoms with Crippen LogP contribution in [0.1, 0.15) is 41.6 Å². The number of rotatable bonds is 4. The van der Waals surface area contributed by atoms with E-state index in [2.05, 4.69) is 23.7 Å². The quantitative estimate of drug-likeness (QED) is 0.932. The number of amides is 1. The molecule has 1 amide bonds. The second-order valence-corrected chi connectivity index (χ2v) is 8.02. The highest BCUT2D eigenvalue weighted by Crippen LogP contribution is 2.22. The molecule has 0 aliphatic carbocycles. The van der Waals surface area contributed by atoms with Crippen LogP contribution in [0.25, 0.3) is 0 Å². The zero-order valence-electron chi connectivity index (χ0n) is 14.0. The summed E-state index contributed by atoms with van der Waals surface area (Å²) in [4.78, 5) is 12.7. The normalized spacial score (nSPS) is 11.7. The first-order chi connectivity index (χ1) is 10.6. The van der Waals surface area contributed by atoms with Gasteiger partial charge in [0.15, 0.2) is 9.84 Å². The van der Waals surface area contributed by atoms with E-state index in [1.54, 1.807) is 12.1 Å². The van der Waals surface area contributed by atoms with Gasteiger partial charge in [-0.25, -0.2) is 8.42 Å². The van der Waals surface area contributed by atoms with Gasteiger partial charge in [0.2, 0.25) is 0 Å². The van der Waals surface area contributed by atoms with Crippen molar-refractivity contribution in [1.82, 2.24) is 4.57 Å². The number of carbonyl (C=O) groups excluding carboxylic acids is 1. The van der Waals surface area contributed by atoms with Crippen LogP contribution in [0, 0.1) is 13.8 Å². The van der Waals surface area contributed by atoms with Gasteiger partial charge in [-0.1, -0.05) is 6.07 Å². The highest BCUT2D eigenvalue weighted by molar-refractivity contribution is 7.90. The molecule has 124 valence electrons. The summed E-state index contributed by atoms with van der Waals surface area (Å²) in [5, 5.41) is 2.77. The number of nitrogens with zero attached hydrogens (tertiary/aromatic N) is 1. The summed E-state index contributed by atoms with van der Waals surface area (Å²) in [5.41, 5.74) is 2.98. The second kappa shape index (κ2) is 6.20. The zero-order valence-corrected chi connectivity index (χ0v) is 14.9. The van der Waals surface area contributed by atoms with Gasteiger partial charge in [0.25, 0.3) is 5.91 Å². The lowest BCUT2D eigenvalue weighted by molar-refractivity contribution is 0.102. The van der Waals surface area contributed by atoms with E-state index in [-0.39, 0.29) is 16.8 Å². The van der Waals surface area contributed by atoms with Gasteiger partial charge in [-0.2, -0.15) is 0 Å². The van der Waals surface area contributed by atoms with Crippen LogP contribution in [0.5, 0.6) is 0 Å². The van der Waals surface area contributed by atoms with Crippen molar-refractivity contribution >= 4 is 21.4 Å². The molecule has 1 heterocycles. The molecular weight excluding hydrogens is 312 g/mol. The van der Waals surface area contributed by atoms with Crippen LogP contribution in [0.4, 0.5) is 5.69 Å². The van der Waals surface area contributed by atoms with Crippen LogP contribution in [-0.4, -0.2) is 25.1 Å². The molecule has 2 rings (SSSR count). The van der Waals surface area contributed by atoms with Gasteiger partial charge >= 0.3 is 0 Å².